The molecule has 3 rings (SSSR count). The number of amides is 1. The van der Waals surface area contributed by atoms with Crippen molar-refractivity contribution in [3.05, 3.63) is 61.3 Å². The number of hydrogen-bond acceptors (Lipinski definition) is 5. The molecule has 2 atom stereocenters. The fourth-order valence-electron chi connectivity index (χ4n) is 2.73. The third kappa shape index (κ3) is 2.49. The molecule has 0 saturated carbocycles. The zero-order valence-electron chi connectivity index (χ0n) is 11.8. The van der Waals surface area contributed by atoms with Crippen molar-refractivity contribution >= 4 is 22.9 Å². The second-order valence-corrected chi connectivity index (χ2v) is 6.49. The minimum absolute atomic E-state index is 0.0532. The van der Waals surface area contributed by atoms with Gasteiger partial charge in [-0.1, -0.05) is 24.3 Å². The number of carbonyl (C=O) groups is 1. The van der Waals surface area contributed by atoms with Crippen LogP contribution in [0.3, 0.4) is 0 Å². The smallest absolute Gasteiger partial charge is 0.283 e. The van der Waals surface area contributed by atoms with E-state index in [-0.39, 0.29) is 10.6 Å². The first-order valence-corrected chi connectivity index (χ1v) is 7.60. The van der Waals surface area contributed by atoms with E-state index in [1.807, 2.05) is 24.3 Å². The Kier molecular flexibility index (Phi) is 3.67. The molecular formula is C15H14N2O4S. The van der Waals surface area contributed by atoms with Gasteiger partial charge in [0.05, 0.1) is 26.8 Å². The number of rotatable bonds is 3. The van der Waals surface area contributed by atoms with Crippen LogP contribution in [0.5, 0.6) is 0 Å². The van der Waals surface area contributed by atoms with Gasteiger partial charge in [0.1, 0.15) is 0 Å². The van der Waals surface area contributed by atoms with Crippen LogP contribution >= 0.6 is 11.3 Å². The summed E-state index contributed by atoms with van der Waals surface area (Å²) in [7, 11) is 0. The molecule has 1 amide bonds. The first kappa shape index (κ1) is 14.7. The maximum atomic E-state index is 12.3. The van der Waals surface area contributed by atoms with E-state index in [0.717, 1.165) is 22.5 Å². The third-order valence-electron chi connectivity index (χ3n) is 3.80. The summed E-state index contributed by atoms with van der Waals surface area (Å²) in [5, 5.41) is 23.8. The summed E-state index contributed by atoms with van der Waals surface area (Å²) in [5.41, 5.74) is 1.85. The summed E-state index contributed by atoms with van der Waals surface area (Å²) < 4.78 is 0. The minimum Gasteiger partial charge on any atom is -0.390 e. The molecule has 0 radical (unpaired) electrons. The second kappa shape index (κ2) is 5.51. The SMILES string of the molecule is Cc1sc(C(=O)NC2c3ccccc3CC2O)cc1[N+](=O)[O-]. The number of thiophene rings is 1. The lowest BCUT2D eigenvalue weighted by Crippen LogP contribution is -2.33. The third-order valence-corrected chi connectivity index (χ3v) is 4.84. The first-order chi connectivity index (χ1) is 10.5. The Balaban J connectivity index is 1.83. The van der Waals surface area contributed by atoms with E-state index < -0.39 is 23.0 Å². The Bertz CT molecular complexity index is 756. The predicted molar refractivity (Wildman–Crippen MR) is 82.1 cm³/mol. The molecule has 0 spiro atoms. The van der Waals surface area contributed by atoms with E-state index in [9.17, 15) is 20.0 Å². The van der Waals surface area contributed by atoms with Gasteiger partial charge in [-0.15, -0.1) is 11.3 Å². The minimum atomic E-state index is -0.683. The monoisotopic (exact) mass is 318 g/mol. The highest BCUT2D eigenvalue weighted by atomic mass is 32.1. The Morgan fingerprint density at radius 3 is 2.86 bits per heavy atom. The number of carbonyl (C=O) groups excluding carboxylic acids is 1. The quantitative estimate of drug-likeness (QED) is 0.671. The maximum absolute atomic E-state index is 12.3. The number of hydrogen-bond donors (Lipinski definition) is 2. The van der Waals surface area contributed by atoms with Gasteiger partial charge >= 0.3 is 0 Å². The molecule has 2 N–H and O–H groups in total. The van der Waals surface area contributed by atoms with E-state index in [1.54, 1.807) is 6.92 Å². The molecule has 0 aliphatic heterocycles. The van der Waals surface area contributed by atoms with Gasteiger partial charge in [0.2, 0.25) is 0 Å². The number of nitro groups is 1. The molecule has 1 heterocycles. The fourth-order valence-corrected chi connectivity index (χ4v) is 3.62. The summed E-state index contributed by atoms with van der Waals surface area (Å²) in [4.78, 5) is 23.4. The van der Waals surface area contributed by atoms with Crippen molar-refractivity contribution in [1.29, 1.82) is 0 Å². The molecular weight excluding hydrogens is 304 g/mol. The van der Waals surface area contributed by atoms with E-state index in [1.165, 1.54) is 6.07 Å². The average Bonchev–Trinajstić information content (AvgIpc) is 3.00. The molecule has 22 heavy (non-hydrogen) atoms. The molecule has 0 bridgehead atoms. The van der Waals surface area contributed by atoms with Crippen LogP contribution in [0.1, 0.15) is 31.7 Å². The van der Waals surface area contributed by atoms with Crippen LogP contribution in [0.25, 0.3) is 0 Å². The Hall–Kier alpha value is -2.25. The second-order valence-electron chi connectivity index (χ2n) is 5.23. The number of fused-ring (bicyclic) bond motifs is 1. The van der Waals surface area contributed by atoms with Crippen LogP contribution in [-0.4, -0.2) is 22.0 Å². The van der Waals surface area contributed by atoms with Crippen LogP contribution in [0.15, 0.2) is 30.3 Å². The summed E-state index contributed by atoms with van der Waals surface area (Å²) in [6.07, 6.45) is -0.192. The average molecular weight is 318 g/mol. The highest BCUT2D eigenvalue weighted by Crippen LogP contribution is 2.33. The van der Waals surface area contributed by atoms with Crippen LogP contribution in [0.4, 0.5) is 5.69 Å². The van der Waals surface area contributed by atoms with Gasteiger partial charge in [0.15, 0.2) is 0 Å². The Labute approximate surface area is 130 Å². The van der Waals surface area contributed by atoms with E-state index in [0.29, 0.717) is 11.3 Å². The van der Waals surface area contributed by atoms with Gasteiger partial charge in [-0.05, 0) is 18.1 Å². The number of aliphatic hydroxyl groups is 1. The molecule has 2 unspecified atom stereocenters. The Morgan fingerprint density at radius 1 is 1.45 bits per heavy atom. The van der Waals surface area contributed by atoms with Gasteiger partial charge in [-0.2, -0.15) is 0 Å². The topological polar surface area (TPSA) is 92.5 Å². The lowest BCUT2D eigenvalue weighted by molar-refractivity contribution is -0.385. The normalized spacial score (nSPS) is 19.7. The van der Waals surface area contributed by atoms with Crippen molar-refractivity contribution in [3.8, 4) is 0 Å². The molecule has 0 saturated heterocycles. The standard InChI is InChI=1S/C15H14N2O4S/c1-8-11(17(20)21)7-13(22-8)15(19)16-14-10-5-3-2-4-9(10)6-12(14)18/h2-5,7,12,14,18H,6H2,1H3,(H,16,19). The lowest BCUT2D eigenvalue weighted by atomic mass is 10.1. The van der Waals surface area contributed by atoms with Crippen LogP contribution in [0.2, 0.25) is 0 Å². The van der Waals surface area contributed by atoms with Crippen molar-refractivity contribution < 1.29 is 14.8 Å². The van der Waals surface area contributed by atoms with Crippen molar-refractivity contribution in [1.82, 2.24) is 5.32 Å². The molecule has 2 aromatic rings. The molecule has 6 nitrogen and oxygen atoms in total. The maximum Gasteiger partial charge on any atom is 0.283 e. The van der Waals surface area contributed by atoms with Gasteiger partial charge in [0, 0.05) is 12.5 Å². The molecule has 7 heteroatoms. The number of nitrogens with one attached hydrogen (secondary N) is 1. The largest absolute Gasteiger partial charge is 0.390 e. The number of aliphatic hydroxyl groups excluding tert-OH is 1. The molecule has 114 valence electrons. The summed E-state index contributed by atoms with van der Waals surface area (Å²) >= 11 is 1.08. The molecule has 0 fully saturated rings. The highest BCUT2D eigenvalue weighted by Gasteiger charge is 2.32. The van der Waals surface area contributed by atoms with Gasteiger partial charge < -0.3 is 10.4 Å². The van der Waals surface area contributed by atoms with E-state index in [2.05, 4.69) is 5.32 Å². The van der Waals surface area contributed by atoms with Gasteiger partial charge in [0.25, 0.3) is 11.6 Å². The van der Waals surface area contributed by atoms with E-state index in [4.69, 9.17) is 0 Å². The van der Waals surface area contributed by atoms with Crippen molar-refractivity contribution in [2.75, 3.05) is 0 Å². The molecule has 1 aliphatic rings. The molecule has 1 aromatic carbocycles. The van der Waals surface area contributed by atoms with Gasteiger partial charge in [-0.25, -0.2) is 0 Å². The lowest BCUT2D eigenvalue weighted by Gasteiger charge is -2.17. The van der Waals surface area contributed by atoms with Gasteiger partial charge in [-0.3, -0.25) is 14.9 Å². The van der Waals surface area contributed by atoms with Crippen LogP contribution in [0, 0.1) is 17.0 Å². The molecule has 1 aliphatic carbocycles. The van der Waals surface area contributed by atoms with Crippen molar-refractivity contribution in [3.63, 3.8) is 0 Å². The number of nitrogens with zero attached hydrogens (tertiary/aromatic N) is 1. The van der Waals surface area contributed by atoms with E-state index >= 15 is 0 Å². The zero-order chi connectivity index (χ0) is 15.9. The zero-order valence-corrected chi connectivity index (χ0v) is 12.6. The van der Waals surface area contributed by atoms with Crippen molar-refractivity contribution in [2.24, 2.45) is 0 Å². The molecule has 1 aromatic heterocycles. The first-order valence-electron chi connectivity index (χ1n) is 6.79. The summed E-state index contributed by atoms with van der Waals surface area (Å²) in [5.74, 6) is -0.401. The number of benzene rings is 1. The predicted octanol–water partition coefficient (Wildman–Crippen LogP) is 2.35. The fraction of sp³-hybridized carbons (Fsp3) is 0.267. The summed E-state index contributed by atoms with van der Waals surface area (Å²) in [6, 6.07) is 8.34. The number of aryl methyl sites for hydroxylation is 1. The van der Waals surface area contributed by atoms with Crippen molar-refractivity contribution in [2.45, 2.75) is 25.5 Å². The Morgan fingerprint density at radius 2 is 2.18 bits per heavy atom. The van der Waals surface area contributed by atoms with Crippen LogP contribution in [-0.2, 0) is 6.42 Å². The van der Waals surface area contributed by atoms with Crippen LogP contribution < -0.4 is 5.32 Å². The highest BCUT2D eigenvalue weighted by molar-refractivity contribution is 7.14. The summed E-state index contributed by atoms with van der Waals surface area (Å²) in [6.45, 7) is 1.61.